The van der Waals surface area contributed by atoms with Crippen LogP contribution < -0.4 is 5.32 Å². The number of benzene rings is 2. The topological polar surface area (TPSA) is 75.4 Å². The van der Waals surface area contributed by atoms with Crippen molar-refractivity contribution in [1.29, 1.82) is 0 Å². The molecule has 0 radical (unpaired) electrons. The number of non-ortho nitro benzene ring substituents is 1. The molecule has 5 heteroatoms. The number of aryl methyl sites for hydroxylation is 1. The summed E-state index contributed by atoms with van der Waals surface area (Å²) in [6.07, 6.45) is 1.82. The molecule has 2 aromatic carbocycles. The van der Waals surface area contributed by atoms with Gasteiger partial charge >= 0.3 is 0 Å². The highest BCUT2D eigenvalue weighted by Crippen LogP contribution is 2.35. The maximum Gasteiger partial charge on any atom is 0.271 e. The van der Waals surface area contributed by atoms with E-state index in [4.69, 9.17) is 0 Å². The van der Waals surface area contributed by atoms with Crippen molar-refractivity contribution in [2.24, 2.45) is 0 Å². The number of fused-ring (bicyclic) bond motifs is 1. The number of phenolic OH excluding ortho intramolecular Hbond substituents is 1. The molecule has 0 heterocycles. The number of rotatable bonds is 3. The summed E-state index contributed by atoms with van der Waals surface area (Å²) in [6, 6.07) is 12.0. The molecule has 3 rings (SSSR count). The van der Waals surface area contributed by atoms with Crippen LogP contribution in [0.4, 0.5) is 11.4 Å². The molecule has 1 atom stereocenters. The second-order valence-corrected chi connectivity index (χ2v) is 4.93. The number of nitrogens with zero attached hydrogens (tertiary/aromatic N) is 1. The zero-order chi connectivity index (χ0) is 14.1. The Hall–Kier alpha value is -2.56. The highest BCUT2D eigenvalue weighted by atomic mass is 16.6. The number of nitro benzene ring substituents is 1. The molecule has 0 aromatic heterocycles. The Kier molecular flexibility index (Phi) is 3.02. The van der Waals surface area contributed by atoms with Gasteiger partial charge in [0.25, 0.3) is 5.69 Å². The Bertz CT molecular complexity index is 670. The zero-order valence-corrected chi connectivity index (χ0v) is 10.7. The van der Waals surface area contributed by atoms with Gasteiger partial charge in [0.15, 0.2) is 0 Å². The molecule has 102 valence electrons. The van der Waals surface area contributed by atoms with Gasteiger partial charge in [0, 0.05) is 17.8 Å². The monoisotopic (exact) mass is 270 g/mol. The first-order valence-electron chi connectivity index (χ1n) is 6.46. The van der Waals surface area contributed by atoms with Gasteiger partial charge in [0.2, 0.25) is 0 Å². The second-order valence-electron chi connectivity index (χ2n) is 4.93. The van der Waals surface area contributed by atoms with Gasteiger partial charge in [-0.1, -0.05) is 12.1 Å². The van der Waals surface area contributed by atoms with E-state index in [0.29, 0.717) is 0 Å². The van der Waals surface area contributed by atoms with Gasteiger partial charge in [-0.15, -0.1) is 0 Å². The van der Waals surface area contributed by atoms with Crippen LogP contribution in [-0.2, 0) is 6.42 Å². The normalized spacial score (nSPS) is 16.7. The first-order chi connectivity index (χ1) is 9.63. The van der Waals surface area contributed by atoms with Crippen LogP contribution in [-0.4, -0.2) is 10.0 Å². The predicted octanol–water partition coefficient (Wildman–Crippen LogP) is 3.40. The van der Waals surface area contributed by atoms with Gasteiger partial charge in [-0.05, 0) is 42.2 Å². The van der Waals surface area contributed by atoms with Gasteiger partial charge in [-0.3, -0.25) is 10.1 Å². The molecule has 2 N–H and O–H groups in total. The Morgan fingerprint density at radius 1 is 1.25 bits per heavy atom. The molecule has 0 saturated carbocycles. The smallest absolute Gasteiger partial charge is 0.271 e. The standard InChI is InChI=1S/C15H14N2O3/c18-13-5-6-14-10(8-13)4-7-15(14)16-11-2-1-3-12(9-11)17(19)20/h1-3,5-6,8-9,15-16,18H,4,7H2. The molecule has 20 heavy (non-hydrogen) atoms. The van der Waals surface area contributed by atoms with Crippen molar-refractivity contribution in [2.75, 3.05) is 5.32 Å². The van der Waals surface area contributed by atoms with Crippen LogP contribution in [0.25, 0.3) is 0 Å². The highest BCUT2D eigenvalue weighted by molar-refractivity contribution is 5.54. The number of phenols is 1. The van der Waals surface area contributed by atoms with Gasteiger partial charge in [-0.25, -0.2) is 0 Å². The lowest BCUT2D eigenvalue weighted by atomic mass is 10.1. The molecule has 2 aromatic rings. The summed E-state index contributed by atoms with van der Waals surface area (Å²) in [5.41, 5.74) is 3.10. The van der Waals surface area contributed by atoms with Crippen LogP contribution in [0.3, 0.4) is 0 Å². The summed E-state index contributed by atoms with van der Waals surface area (Å²) in [7, 11) is 0. The predicted molar refractivity (Wildman–Crippen MR) is 75.9 cm³/mol. The maximum atomic E-state index is 10.8. The molecule has 5 nitrogen and oxygen atoms in total. The summed E-state index contributed by atoms with van der Waals surface area (Å²) in [5.74, 6) is 0.278. The average Bonchev–Trinajstić information content (AvgIpc) is 2.81. The number of hydrogen-bond donors (Lipinski definition) is 2. The van der Waals surface area contributed by atoms with Gasteiger partial charge < -0.3 is 10.4 Å². The van der Waals surface area contributed by atoms with E-state index in [0.717, 1.165) is 29.7 Å². The second kappa shape index (κ2) is 4.85. The van der Waals surface area contributed by atoms with Gasteiger partial charge in [-0.2, -0.15) is 0 Å². The number of nitro groups is 1. The fourth-order valence-electron chi connectivity index (χ4n) is 2.66. The molecule has 0 amide bonds. The van der Waals surface area contributed by atoms with Crippen LogP contribution in [0.15, 0.2) is 42.5 Å². The zero-order valence-electron chi connectivity index (χ0n) is 10.7. The van der Waals surface area contributed by atoms with Crippen LogP contribution in [0.2, 0.25) is 0 Å². The lowest BCUT2D eigenvalue weighted by Gasteiger charge is -2.15. The Morgan fingerprint density at radius 2 is 2.10 bits per heavy atom. The van der Waals surface area contributed by atoms with Crippen molar-refractivity contribution >= 4 is 11.4 Å². The van der Waals surface area contributed by atoms with Crippen molar-refractivity contribution < 1.29 is 10.0 Å². The molecule has 0 aliphatic heterocycles. The van der Waals surface area contributed by atoms with E-state index in [1.807, 2.05) is 12.1 Å². The first-order valence-corrected chi connectivity index (χ1v) is 6.46. The van der Waals surface area contributed by atoms with E-state index in [9.17, 15) is 15.2 Å². The molecule has 0 saturated heterocycles. The number of nitrogens with one attached hydrogen (secondary N) is 1. The maximum absolute atomic E-state index is 10.8. The summed E-state index contributed by atoms with van der Waals surface area (Å²) in [5, 5.41) is 23.6. The van der Waals surface area contributed by atoms with E-state index in [-0.39, 0.29) is 17.5 Å². The quantitative estimate of drug-likeness (QED) is 0.662. The van der Waals surface area contributed by atoms with E-state index in [1.54, 1.807) is 24.3 Å². The molecular formula is C15H14N2O3. The molecule has 1 unspecified atom stereocenters. The summed E-state index contributed by atoms with van der Waals surface area (Å²) < 4.78 is 0. The van der Waals surface area contributed by atoms with Gasteiger partial charge in [0.1, 0.15) is 5.75 Å². The van der Waals surface area contributed by atoms with Crippen molar-refractivity contribution in [3.05, 3.63) is 63.7 Å². The third-order valence-electron chi connectivity index (χ3n) is 3.60. The molecule has 0 spiro atoms. The van der Waals surface area contributed by atoms with Crippen molar-refractivity contribution in [3.63, 3.8) is 0 Å². The first kappa shape index (κ1) is 12.5. The fourth-order valence-corrected chi connectivity index (χ4v) is 2.66. The van der Waals surface area contributed by atoms with E-state index in [2.05, 4.69) is 5.32 Å². The Morgan fingerprint density at radius 3 is 2.90 bits per heavy atom. The summed E-state index contributed by atoms with van der Waals surface area (Å²) >= 11 is 0. The number of hydrogen-bond acceptors (Lipinski definition) is 4. The summed E-state index contributed by atoms with van der Waals surface area (Å²) in [6.45, 7) is 0. The molecule has 1 aliphatic rings. The third kappa shape index (κ3) is 2.30. The number of anilines is 1. The van der Waals surface area contributed by atoms with Gasteiger partial charge in [0.05, 0.1) is 11.0 Å². The van der Waals surface area contributed by atoms with Crippen LogP contribution in [0.1, 0.15) is 23.6 Å². The van der Waals surface area contributed by atoms with E-state index >= 15 is 0 Å². The third-order valence-corrected chi connectivity index (χ3v) is 3.60. The van der Waals surface area contributed by atoms with Crippen LogP contribution >= 0.6 is 0 Å². The molecule has 0 fully saturated rings. The van der Waals surface area contributed by atoms with Crippen LogP contribution in [0, 0.1) is 10.1 Å². The van der Waals surface area contributed by atoms with Crippen LogP contribution in [0.5, 0.6) is 5.75 Å². The lowest BCUT2D eigenvalue weighted by molar-refractivity contribution is -0.384. The fraction of sp³-hybridized carbons (Fsp3) is 0.200. The minimum Gasteiger partial charge on any atom is -0.508 e. The minimum atomic E-state index is -0.397. The molecule has 1 aliphatic carbocycles. The summed E-state index contributed by atoms with van der Waals surface area (Å²) in [4.78, 5) is 10.4. The SMILES string of the molecule is O=[N+]([O-])c1cccc(NC2CCc3cc(O)ccc32)c1. The Balaban J connectivity index is 1.84. The van der Waals surface area contributed by atoms with Crippen molar-refractivity contribution in [2.45, 2.75) is 18.9 Å². The Labute approximate surface area is 116 Å². The van der Waals surface area contributed by atoms with Crippen molar-refractivity contribution in [1.82, 2.24) is 0 Å². The minimum absolute atomic E-state index is 0.0823. The van der Waals surface area contributed by atoms with E-state index in [1.165, 1.54) is 6.07 Å². The lowest BCUT2D eigenvalue weighted by Crippen LogP contribution is -2.07. The molecular weight excluding hydrogens is 256 g/mol. The highest BCUT2D eigenvalue weighted by Gasteiger charge is 2.22. The largest absolute Gasteiger partial charge is 0.508 e. The number of aromatic hydroxyl groups is 1. The average molecular weight is 270 g/mol. The van der Waals surface area contributed by atoms with Crippen molar-refractivity contribution in [3.8, 4) is 5.75 Å². The van der Waals surface area contributed by atoms with E-state index < -0.39 is 4.92 Å². The molecule has 0 bridgehead atoms.